The van der Waals surface area contributed by atoms with E-state index < -0.39 is 0 Å². The highest BCUT2D eigenvalue weighted by molar-refractivity contribution is 7.99. The van der Waals surface area contributed by atoms with Crippen LogP contribution in [0.3, 0.4) is 0 Å². The number of aromatic nitrogens is 1. The van der Waals surface area contributed by atoms with Gasteiger partial charge >= 0.3 is 0 Å². The van der Waals surface area contributed by atoms with Crippen molar-refractivity contribution in [3.05, 3.63) is 59.1 Å². The van der Waals surface area contributed by atoms with E-state index >= 15 is 0 Å². The summed E-state index contributed by atoms with van der Waals surface area (Å²) in [5.74, 6) is 0.951. The van der Waals surface area contributed by atoms with E-state index in [1.165, 1.54) is 4.90 Å². The van der Waals surface area contributed by atoms with E-state index in [1.54, 1.807) is 11.8 Å². The largest absolute Gasteiger partial charge is 0.368 e. The Hall–Kier alpha value is -1.91. The van der Waals surface area contributed by atoms with Gasteiger partial charge in [0.2, 0.25) is 0 Å². The first-order valence-electron chi connectivity index (χ1n) is 7.14. The summed E-state index contributed by atoms with van der Waals surface area (Å²) in [6.45, 7) is 1.70. The van der Waals surface area contributed by atoms with Gasteiger partial charge in [0.15, 0.2) is 0 Å². The van der Waals surface area contributed by atoms with E-state index in [0.29, 0.717) is 0 Å². The number of halogens is 1. The zero-order valence-corrected chi connectivity index (χ0v) is 13.3. The molecule has 5 heteroatoms. The van der Waals surface area contributed by atoms with Crippen LogP contribution >= 0.6 is 23.4 Å². The fourth-order valence-electron chi connectivity index (χ4n) is 2.62. The highest BCUT2D eigenvalue weighted by Gasteiger charge is 2.19. The minimum atomic E-state index is 0.739. The predicted molar refractivity (Wildman–Crippen MR) is 93.3 cm³/mol. The zero-order chi connectivity index (χ0) is 14.9. The van der Waals surface area contributed by atoms with Gasteiger partial charge in [-0.2, -0.15) is 0 Å². The molecule has 0 saturated heterocycles. The minimum Gasteiger partial charge on any atom is -0.368 e. The summed E-state index contributed by atoms with van der Waals surface area (Å²) in [6.07, 6.45) is 0. The van der Waals surface area contributed by atoms with Gasteiger partial charge in [-0.25, -0.2) is 0 Å². The van der Waals surface area contributed by atoms with Crippen LogP contribution in [-0.4, -0.2) is 23.9 Å². The normalized spacial score (nSPS) is 14.1. The Morgan fingerprint density at radius 2 is 1.95 bits per heavy atom. The number of fused-ring (bicyclic) bond motifs is 1. The van der Waals surface area contributed by atoms with Crippen molar-refractivity contribution in [2.24, 2.45) is 4.99 Å². The Kier molecular flexibility index (Phi) is 3.56. The molecule has 0 spiro atoms. The van der Waals surface area contributed by atoms with Crippen molar-refractivity contribution in [2.45, 2.75) is 9.92 Å². The fourth-order valence-corrected chi connectivity index (χ4v) is 3.79. The maximum absolute atomic E-state index is 6.19. The van der Waals surface area contributed by atoms with Crippen molar-refractivity contribution in [1.82, 2.24) is 10.3 Å². The monoisotopic (exact) mass is 327 g/mol. The quantitative estimate of drug-likeness (QED) is 0.752. The SMILES string of the molecule is Clc1ccc2[nH]c(Sc3ccccc3)c(C3=NCCN3)c2c1. The van der Waals surface area contributed by atoms with Crippen molar-refractivity contribution in [1.29, 1.82) is 0 Å². The lowest BCUT2D eigenvalue weighted by Crippen LogP contribution is -2.19. The molecule has 0 saturated carbocycles. The molecule has 0 unspecified atom stereocenters. The van der Waals surface area contributed by atoms with Crippen LogP contribution in [0.15, 0.2) is 63.4 Å². The number of nitrogens with zero attached hydrogens (tertiary/aromatic N) is 1. The van der Waals surface area contributed by atoms with Gasteiger partial charge in [0, 0.05) is 27.4 Å². The molecule has 0 aliphatic carbocycles. The topological polar surface area (TPSA) is 40.2 Å². The molecule has 0 radical (unpaired) electrons. The Morgan fingerprint density at radius 3 is 2.73 bits per heavy atom. The third-order valence-corrected chi connectivity index (χ3v) is 4.85. The predicted octanol–water partition coefficient (Wildman–Crippen LogP) is 4.32. The number of aliphatic imine (C=N–C) groups is 1. The second kappa shape index (κ2) is 5.71. The van der Waals surface area contributed by atoms with Crippen LogP contribution in [0.1, 0.15) is 5.56 Å². The molecule has 22 heavy (non-hydrogen) atoms. The summed E-state index contributed by atoms with van der Waals surface area (Å²) in [6, 6.07) is 16.3. The lowest BCUT2D eigenvalue weighted by Gasteiger charge is -2.05. The van der Waals surface area contributed by atoms with Crippen LogP contribution in [-0.2, 0) is 0 Å². The molecular formula is C17H14ClN3S. The van der Waals surface area contributed by atoms with Crippen molar-refractivity contribution in [2.75, 3.05) is 13.1 Å². The summed E-state index contributed by atoms with van der Waals surface area (Å²) >= 11 is 7.90. The maximum Gasteiger partial charge on any atom is 0.131 e. The van der Waals surface area contributed by atoms with E-state index in [0.717, 1.165) is 45.4 Å². The molecule has 2 heterocycles. The molecule has 1 aliphatic rings. The molecule has 2 N–H and O–H groups in total. The lowest BCUT2D eigenvalue weighted by molar-refractivity contribution is 0.959. The summed E-state index contributed by atoms with van der Waals surface area (Å²) < 4.78 is 0. The van der Waals surface area contributed by atoms with E-state index in [4.69, 9.17) is 11.6 Å². The van der Waals surface area contributed by atoms with Gasteiger partial charge < -0.3 is 10.3 Å². The molecule has 0 bridgehead atoms. The van der Waals surface area contributed by atoms with Crippen LogP contribution in [0.5, 0.6) is 0 Å². The van der Waals surface area contributed by atoms with Crippen molar-refractivity contribution >= 4 is 40.1 Å². The first kappa shape index (κ1) is 13.7. The maximum atomic E-state index is 6.19. The fraction of sp³-hybridized carbons (Fsp3) is 0.118. The Balaban J connectivity index is 1.87. The second-order valence-electron chi connectivity index (χ2n) is 5.09. The number of H-pyrrole nitrogens is 1. The van der Waals surface area contributed by atoms with E-state index in [-0.39, 0.29) is 0 Å². The van der Waals surface area contributed by atoms with E-state index in [2.05, 4.69) is 27.4 Å². The molecule has 3 nitrogen and oxygen atoms in total. The van der Waals surface area contributed by atoms with Crippen molar-refractivity contribution in [3.8, 4) is 0 Å². The van der Waals surface area contributed by atoms with Gasteiger partial charge in [0.25, 0.3) is 0 Å². The van der Waals surface area contributed by atoms with Gasteiger partial charge in [-0.15, -0.1) is 0 Å². The third-order valence-electron chi connectivity index (χ3n) is 3.60. The molecule has 0 fully saturated rings. The summed E-state index contributed by atoms with van der Waals surface area (Å²) in [5, 5.41) is 6.31. The Labute approximate surface area is 137 Å². The van der Waals surface area contributed by atoms with Gasteiger partial charge in [-0.3, -0.25) is 4.99 Å². The molecule has 3 aromatic rings. The average Bonchev–Trinajstić information content (AvgIpc) is 3.15. The lowest BCUT2D eigenvalue weighted by atomic mass is 10.1. The van der Waals surface area contributed by atoms with Crippen LogP contribution in [0.2, 0.25) is 5.02 Å². The smallest absolute Gasteiger partial charge is 0.131 e. The first-order valence-corrected chi connectivity index (χ1v) is 8.33. The summed E-state index contributed by atoms with van der Waals surface area (Å²) in [5.41, 5.74) is 2.19. The number of benzene rings is 2. The molecule has 0 atom stereocenters. The van der Waals surface area contributed by atoms with Gasteiger partial charge in [0.1, 0.15) is 5.84 Å². The van der Waals surface area contributed by atoms with Crippen LogP contribution in [0.25, 0.3) is 10.9 Å². The number of rotatable bonds is 3. The van der Waals surface area contributed by atoms with E-state index in [9.17, 15) is 0 Å². The molecule has 4 rings (SSSR count). The summed E-state index contributed by atoms with van der Waals surface area (Å²) in [4.78, 5) is 9.28. The van der Waals surface area contributed by atoms with E-state index in [1.807, 2.05) is 36.4 Å². The zero-order valence-electron chi connectivity index (χ0n) is 11.8. The first-order chi connectivity index (χ1) is 10.8. The Bertz CT molecular complexity index is 855. The van der Waals surface area contributed by atoms with Crippen molar-refractivity contribution < 1.29 is 0 Å². The van der Waals surface area contributed by atoms with Crippen LogP contribution < -0.4 is 5.32 Å². The number of hydrogen-bond acceptors (Lipinski definition) is 3. The molecular weight excluding hydrogens is 314 g/mol. The highest BCUT2D eigenvalue weighted by Crippen LogP contribution is 2.35. The molecule has 0 amide bonds. The highest BCUT2D eigenvalue weighted by atomic mass is 35.5. The third kappa shape index (κ3) is 2.49. The minimum absolute atomic E-state index is 0.739. The number of aromatic amines is 1. The Morgan fingerprint density at radius 1 is 1.09 bits per heavy atom. The average molecular weight is 328 g/mol. The van der Waals surface area contributed by atoms with Crippen LogP contribution in [0.4, 0.5) is 0 Å². The number of hydrogen-bond donors (Lipinski definition) is 2. The second-order valence-corrected chi connectivity index (χ2v) is 6.61. The van der Waals surface area contributed by atoms with Gasteiger partial charge in [0.05, 0.1) is 17.1 Å². The molecule has 2 aromatic carbocycles. The number of nitrogens with one attached hydrogen (secondary N) is 2. The molecule has 1 aromatic heterocycles. The summed E-state index contributed by atoms with van der Waals surface area (Å²) in [7, 11) is 0. The molecule has 110 valence electrons. The number of amidine groups is 1. The molecule has 1 aliphatic heterocycles. The standard InChI is InChI=1S/C17H14ClN3S/c18-11-6-7-14-13(10-11)15(16-19-8-9-20-16)17(21-14)22-12-4-2-1-3-5-12/h1-7,10,21H,8-9H2,(H,19,20). The van der Waals surface area contributed by atoms with Crippen molar-refractivity contribution in [3.63, 3.8) is 0 Å². The van der Waals surface area contributed by atoms with Gasteiger partial charge in [-0.1, -0.05) is 41.6 Å². The van der Waals surface area contributed by atoms with Crippen LogP contribution in [0, 0.1) is 0 Å². The van der Waals surface area contributed by atoms with Gasteiger partial charge in [-0.05, 0) is 30.3 Å².